The van der Waals surface area contributed by atoms with E-state index in [-0.39, 0.29) is 29.3 Å². The SMILES string of the molecule is CCN(CC)S(=O)(=O)c1ccc(N(C)C)c(NC(=O)CCn2cnc3sccc3c2=O)c1. The van der Waals surface area contributed by atoms with Crippen LogP contribution in [0.5, 0.6) is 0 Å². The number of aromatic nitrogens is 2. The monoisotopic (exact) mass is 477 g/mol. The van der Waals surface area contributed by atoms with Gasteiger partial charge in [-0.15, -0.1) is 11.3 Å². The Kier molecular flexibility index (Phi) is 7.32. The van der Waals surface area contributed by atoms with Crippen LogP contribution in [0.3, 0.4) is 0 Å². The molecule has 172 valence electrons. The maximum absolute atomic E-state index is 12.9. The summed E-state index contributed by atoms with van der Waals surface area (Å²) in [6.07, 6.45) is 1.48. The molecule has 0 saturated carbocycles. The van der Waals surface area contributed by atoms with Gasteiger partial charge in [-0.05, 0) is 29.6 Å². The molecule has 0 radical (unpaired) electrons. The van der Waals surface area contributed by atoms with E-state index in [2.05, 4.69) is 10.3 Å². The van der Waals surface area contributed by atoms with Gasteiger partial charge < -0.3 is 10.2 Å². The average Bonchev–Trinajstić information content (AvgIpc) is 3.23. The molecule has 11 heteroatoms. The number of hydrogen-bond acceptors (Lipinski definition) is 7. The molecule has 0 spiro atoms. The highest BCUT2D eigenvalue weighted by Crippen LogP contribution is 2.29. The second kappa shape index (κ2) is 9.80. The molecule has 2 heterocycles. The van der Waals surface area contributed by atoms with Crippen LogP contribution in [0, 0.1) is 0 Å². The quantitative estimate of drug-likeness (QED) is 0.508. The first kappa shape index (κ1) is 23.9. The molecule has 3 aromatic rings. The van der Waals surface area contributed by atoms with Crippen LogP contribution in [-0.4, -0.2) is 55.4 Å². The van der Waals surface area contributed by atoms with Crippen molar-refractivity contribution in [3.8, 4) is 0 Å². The largest absolute Gasteiger partial charge is 0.376 e. The van der Waals surface area contributed by atoms with Crippen molar-refractivity contribution in [1.29, 1.82) is 0 Å². The van der Waals surface area contributed by atoms with Crippen molar-refractivity contribution in [3.05, 3.63) is 46.3 Å². The molecule has 0 aliphatic rings. The normalized spacial score (nSPS) is 11.8. The summed E-state index contributed by atoms with van der Waals surface area (Å²) in [5, 5.41) is 5.14. The number of anilines is 2. The minimum atomic E-state index is -3.67. The number of amides is 1. The van der Waals surface area contributed by atoms with E-state index in [0.717, 1.165) is 0 Å². The summed E-state index contributed by atoms with van der Waals surface area (Å²) in [7, 11) is -0.0466. The van der Waals surface area contributed by atoms with Gasteiger partial charge in [0.25, 0.3) is 5.56 Å². The zero-order valence-electron chi connectivity index (χ0n) is 18.5. The molecule has 1 N–H and O–H groups in total. The third-order valence-electron chi connectivity index (χ3n) is 5.10. The second-order valence-electron chi connectivity index (χ2n) is 7.34. The van der Waals surface area contributed by atoms with Gasteiger partial charge in [-0.25, -0.2) is 13.4 Å². The number of carbonyl (C=O) groups excluding carboxylic acids is 1. The minimum Gasteiger partial charge on any atom is -0.376 e. The number of fused-ring (bicyclic) bond motifs is 1. The van der Waals surface area contributed by atoms with E-state index in [0.29, 0.717) is 34.7 Å². The molecular weight excluding hydrogens is 450 g/mol. The lowest BCUT2D eigenvalue weighted by Gasteiger charge is -2.22. The molecule has 0 saturated heterocycles. The Labute approximate surface area is 191 Å². The van der Waals surface area contributed by atoms with Gasteiger partial charge in [-0.1, -0.05) is 13.8 Å². The number of thiophene rings is 1. The number of carbonyl (C=O) groups is 1. The molecular formula is C21H27N5O4S2. The maximum atomic E-state index is 12.9. The van der Waals surface area contributed by atoms with Crippen molar-refractivity contribution in [2.75, 3.05) is 37.4 Å². The van der Waals surface area contributed by atoms with Crippen molar-refractivity contribution >= 4 is 48.9 Å². The van der Waals surface area contributed by atoms with Gasteiger partial charge in [0.15, 0.2) is 0 Å². The summed E-state index contributed by atoms with van der Waals surface area (Å²) in [6, 6.07) is 6.41. The number of nitrogens with zero attached hydrogens (tertiary/aromatic N) is 4. The zero-order valence-corrected chi connectivity index (χ0v) is 20.2. The molecule has 0 aliphatic heterocycles. The summed E-state index contributed by atoms with van der Waals surface area (Å²) < 4.78 is 28.6. The molecule has 32 heavy (non-hydrogen) atoms. The molecule has 0 bridgehead atoms. The number of aryl methyl sites for hydroxylation is 1. The molecule has 0 fully saturated rings. The highest BCUT2D eigenvalue weighted by Gasteiger charge is 2.23. The van der Waals surface area contributed by atoms with Crippen LogP contribution in [0.25, 0.3) is 10.2 Å². The molecule has 2 aromatic heterocycles. The summed E-state index contributed by atoms with van der Waals surface area (Å²) in [4.78, 5) is 32.0. The predicted molar refractivity (Wildman–Crippen MR) is 128 cm³/mol. The summed E-state index contributed by atoms with van der Waals surface area (Å²) in [5.41, 5.74) is 0.882. The van der Waals surface area contributed by atoms with Gasteiger partial charge in [-0.3, -0.25) is 14.2 Å². The predicted octanol–water partition coefficient (Wildman–Crippen LogP) is 2.58. The molecule has 3 rings (SSSR count). The Hall–Kier alpha value is -2.76. The summed E-state index contributed by atoms with van der Waals surface area (Å²) in [5.74, 6) is -0.331. The fourth-order valence-corrected chi connectivity index (χ4v) is 5.57. The Morgan fingerprint density at radius 2 is 1.91 bits per heavy atom. The fourth-order valence-electron chi connectivity index (χ4n) is 3.37. The smallest absolute Gasteiger partial charge is 0.262 e. The first-order valence-corrected chi connectivity index (χ1v) is 12.5. The minimum absolute atomic E-state index is 0.0388. The van der Waals surface area contributed by atoms with Crippen LogP contribution in [-0.2, 0) is 21.4 Å². The van der Waals surface area contributed by atoms with Crippen molar-refractivity contribution in [2.24, 2.45) is 0 Å². The average molecular weight is 478 g/mol. The van der Waals surface area contributed by atoms with Crippen molar-refractivity contribution in [2.45, 2.75) is 31.7 Å². The van der Waals surface area contributed by atoms with Gasteiger partial charge >= 0.3 is 0 Å². The van der Waals surface area contributed by atoms with Crippen molar-refractivity contribution in [3.63, 3.8) is 0 Å². The topological polar surface area (TPSA) is 105 Å². The fraction of sp³-hybridized carbons (Fsp3) is 0.381. The van der Waals surface area contributed by atoms with E-state index in [1.165, 1.54) is 32.6 Å². The first-order valence-electron chi connectivity index (χ1n) is 10.2. The molecule has 0 atom stereocenters. The number of sulfonamides is 1. The number of rotatable bonds is 9. The molecule has 1 amide bonds. The third kappa shape index (κ3) is 4.84. The zero-order chi connectivity index (χ0) is 23.5. The molecule has 0 aliphatic carbocycles. The van der Waals surface area contributed by atoms with Gasteiger partial charge in [0.05, 0.1) is 28.0 Å². The van der Waals surface area contributed by atoms with E-state index in [1.54, 1.807) is 42.3 Å². The van der Waals surface area contributed by atoms with Crippen LogP contribution in [0.2, 0.25) is 0 Å². The van der Waals surface area contributed by atoms with Crippen LogP contribution in [0.15, 0.2) is 45.7 Å². The first-order chi connectivity index (χ1) is 15.2. The van der Waals surface area contributed by atoms with Crippen molar-refractivity contribution in [1.82, 2.24) is 13.9 Å². The Morgan fingerprint density at radius 3 is 2.56 bits per heavy atom. The Bertz CT molecular complexity index is 1280. The van der Waals surface area contributed by atoms with E-state index in [4.69, 9.17) is 0 Å². The molecule has 9 nitrogen and oxygen atoms in total. The maximum Gasteiger partial charge on any atom is 0.262 e. The molecule has 0 unspecified atom stereocenters. The molecule has 1 aromatic carbocycles. The lowest BCUT2D eigenvalue weighted by atomic mass is 10.2. The summed E-state index contributed by atoms with van der Waals surface area (Å²) in [6.45, 7) is 4.43. The number of benzene rings is 1. The van der Waals surface area contributed by atoms with Gasteiger partial charge in [0.2, 0.25) is 15.9 Å². The lowest BCUT2D eigenvalue weighted by Crippen LogP contribution is -2.30. The summed E-state index contributed by atoms with van der Waals surface area (Å²) >= 11 is 1.39. The highest BCUT2D eigenvalue weighted by molar-refractivity contribution is 7.89. The van der Waals surface area contributed by atoms with Crippen LogP contribution < -0.4 is 15.8 Å². The van der Waals surface area contributed by atoms with Crippen LogP contribution in [0.1, 0.15) is 20.3 Å². The Morgan fingerprint density at radius 1 is 1.19 bits per heavy atom. The van der Waals surface area contributed by atoms with Gasteiger partial charge in [-0.2, -0.15) is 4.31 Å². The standard InChI is InChI=1S/C21H27N5O4S2/c1-5-26(6-2)32(29,30)15-7-8-18(24(3)4)17(13-15)23-19(27)9-11-25-14-22-20-16(21(25)28)10-12-31-20/h7-8,10,12-14H,5-6,9,11H2,1-4H3,(H,23,27). The van der Waals surface area contributed by atoms with E-state index in [1.807, 2.05) is 14.1 Å². The third-order valence-corrected chi connectivity index (χ3v) is 7.96. The van der Waals surface area contributed by atoms with E-state index in [9.17, 15) is 18.0 Å². The van der Waals surface area contributed by atoms with Gasteiger partial charge in [0, 0.05) is 40.2 Å². The lowest BCUT2D eigenvalue weighted by molar-refractivity contribution is -0.116. The number of hydrogen-bond donors (Lipinski definition) is 1. The van der Waals surface area contributed by atoms with Gasteiger partial charge in [0.1, 0.15) is 4.83 Å². The van der Waals surface area contributed by atoms with Crippen LogP contribution in [0.4, 0.5) is 11.4 Å². The number of nitrogens with one attached hydrogen (secondary N) is 1. The second-order valence-corrected chi connectivity index (χ2v) is 10.2. The Balaban J connectivity index is 1.82. The van der Waals surface area contributed by atoms with E-state index >= 15 is 0 Å². The highest BCUT2D eigenvalue weighted by atomic mass is 32.2. The van der Waals surface area contributed by atoms with Crippen LogP contribution >= 0.6 is 11.3 Å². The van der Waals surface area contributed by atoms with E-state index < -0.39 is 10.0 Å². The van der Waals surface area contributed by atoms with Crippen molar-refractivity contribution < 1.29 is 13.2 Å².